The zero-order valence-corrected chi connectivity index (χ0v) is 12.9. The molecule has 2 saturated heterocycles. The Labute approximate surface area is 128 Å². The lowest BCUT2D eigenvalue weighted by Gasteiger charge is -2.33. The second-order valence-electron chi connectivity index (χ2n) is 5.77. The average Bonchev–Trinajstić information content (AvgIpc) is 3.15. The van der Waals surface area contributed by atoms with Gasteiger partial charge < -0.3 is 15.3 Å². The van der Waals surface area contributed by atoms with Crippen molar-refractivity contribution in [3.8, 4) is 0 Å². The Hall–Kier alpha value is -1.18. The Morgan fingerprint density at radius 1 is 1.38 bits per heavy atom. The minimum Gasteiger partial charge on any atom is -0.390 e. The van der Waals surface area contributed by atoms with E-state index >= 15 is 0 Å². The fourth-order valence-corrected chi connectivity index (χ4v) is 3.71. The summed E-state index contributed by atoms with van der Waals surface area (Å²) in [5.74, 6) is 0. The van der Waals surface area contributed by atoms with Gasteiger partial charge in [0.15, 0.2) is 0 Å². The van der Waals surface area contributed by atoms with E-state index in [0.717, 1.165) is 18.8 Å². The van der Waals surface area contributed by atoms with Crippen LogP contribution in [0.15, 0.2) is 10.9 Å². The highest BCUT2D eigenvalue weighted by molar-refractivity contribution is 7.07. The van der Waals surface area contributed by atoms with Gasteiger partial charge in [0.05, 0.1) is 29.9 Å². The Balaban J connectivity index is 1.51. The van der Waals surface area contributed by atoms with Crippen LogP contribution >= 0.6 is 11.3 Å². The number of thiazole rings is 1. The summed E-state index contributed by atoms with van der Waals surface area (Å²) in [5.41, 5.74) is 2.63. The van der Waals surface area contributed by atoms with Gasteiger partial charge in [-0.25, -0.2) is 9.78 Å². The summed E-state index contributed by atoms with van der Waals surface area (Å²) in [7, 11) is 0. The molecule has 21 heavy (non-hydrogen) atoms. The molecule has 2 aliphatic rings. The third kappa shape index (κ3) is 3.53. The number of β-amino-alcohol motifs (C(OH)–C–C–N with tert-alkyl or cyclic N) is 1. The van der Waals surface area contributed by atoms with Crippen LogP contribution in [0, 0.1) is 0 Å². The summed E-state index contributed by atoms with van der Waals surface area (Å²) in [5, 5.41) is 15.0. The zero-order valence-electron chi connectivity index (χ0n) is 12.1. The minimum absolute atomic E-state index is 0.0929. The number of rotatable bonds is 3. The first kappa shape index (κ1) is 14.7. The van der Waals surface area contributed by atoms with Gasteiger partial charge in [0.25, 0.3) is 0 Å². The Bertz CT molecular complexity index is 462. The molecular formula is C14H22N4O2S. The van der Waals surface area contributed by atoms with Crippen LogP contribution in [0.3, 0.4) is 0 Å². The fourth-order valence-electron chi connectivity index (χ4n) is 3.15. The molecule has 0 spiro atoms. The number of nitrogens with one attached hydrogen (secondary N) is 1. The van der Waals surface area contributed by atoms with Crippen molar-refractivity contribution >= 4 is 17.4 Å². The van der Waals surface area contributed by atoms with Crippen molar-refractivity contribution in [3.63, 3.8) is 0 Å². The van der Waals surface area contributed by atoms with E-state index < -0.39 is 6.10 Å². The third-order valence-corrected chi connectivity index (χ3v) is 4.95. The number of aliphatic hydroxyl groups excluding tert-OH is 1. The fraction of sp³-hybridized carbons (Fsp3) is 0.714. The summed E-state index contributed by atoms with van der Waals surface area (Å²) < 4.78 is 0. The SMILES string of the molecule is O=C(NCc1cscn1)N1C[C@H](O)[C@@H](N2CCCCC2)C1. The normalized spacial score (nSPS) is 27.0. The van der Waals surface area contributed by atoms with E-state index in [-0.39, 0.29) is 12.1 Å². The average molecular weight is 310 g/mol. The number of likely N-dealkylation sites (tertiary alicyclic amines) is 2. The molecule has 1 aromatic rings. The Morgan fingerprint density at radius 2 is 2.19 bits per heavy atom. The highest BCUT2D eigenvalue weighted by Crippen LogP contribution is 2.20. The van der Waals surface area contributed by atoms with E-state index in [9.17, 15) is 9.90 Å². The first-order valence-electron chi connectivity index (χ1n) is 7.56. The molecule has 116 valence electrons. The number of aromatic nitrogens is 1. The van der Waals surface area contributed by atoms with E-state index in [1.54, 1.807) is 10.4 Å². The lowest BCUT2D eigenvalue weighted by molar-refractivity contribution is 0.0706. The maximum atomic E-state index is 12.2. The molecule has 3 rings (SSSR count). The predicted octanol–water partition coefficient (Wildman–Crippen LogP) is 0.884. The van der Waals surface area contributed by atoms with E-state index in [1.165, 1.54) is 30.6 Å². The standard InChI is InChI=1S/C14H22N4O2S/c19-13-8-18(7-12(13)17-4-2-1-3-5-17)14(20)15-6-11-9-21-10-16-11/h9-10,12-13,19H,1-8H2,(H,15,20)/t12-,13-/m0/s1. The van der Waals surface area contributed by atoms with Gasteiger partial charge in [0.1, 0.15) is 0 Å². The van der Waals surface area contributed by atoms with Gasteiger partial charge in [0, 0.05) is 18.5 Å². The smallest absolute Gasteiger partial charge is 0.317 e. The van der Waals surface area contributed by atoms with Crippen molar-refractivity contribution < 1.29 is 9.90 Å². The molecule has 0 radical (unpaired) electrons. The molecule has 1 aromatic heterocycles. The lowest BCUT2D eigenvalue weighted by Crippen LogP contribution is -2.46. The molecule has 0 bridgehead atoms. The molecule has 0 aromatic carbocycles. The predicted molar refractivity (Wildman–Crippen MR) is 81.1 cm³/mol. The molecule has 7 heteroatoms. The van der Waals surface area contributed by atoms with Gasteiger partial charge in [-0.3, -0.25) is 4.90 Å². The van der Waals surface area contributed by atoms with Crippen LogP contribution in [0.2, 0.25) is 0 Å². The van der Waals surface area contributed by atoms with Crippen LogP contribution < -0.4 is 5.32 Å². The third-order valence-electron chi connectivity index (χ3n) is 4.31. The van der Waals surface area contributed by atoms with Gasteiger partial charge in [-0.2, -0.15) is 0 Å². The molecule has 2 fully saturated rings. The summed E-state index contributed by atoms with van der Waals surface area (Å²) >= 11 is 1.52. The Kier molecular flexibility index (Phi) is 4.72. The molecule has 6 nitrogen and oxygen atoms in total. The minimum atomic E-state index is -0.437. The zero-order chi connectivity index (χ0) is 14.7. The largest absolute Gasteiger partial charge is 0.390 e. The number of carbonyl (C=O) groups excluding carboxylic acids is 1. The van der Waals surface area contributed by atoms with Gasteiger partial charge in [-0.1, -0.05) is 6.42 Å². The molecule has 0 unspecified atom stereocenters. The number of hydrogen-bond acceptors (Lipinski definition) is 5. The highest BCUT2D eigenvalue weighted by atomic mass is 32.1. The number of urea groups is 1. The number of aliphatic hydroxyl groups is 1. The first-order valence-corrected chi connectivity index (χ1v) is 8.50. The van der Waals surface area contributed by atoms with Crippen LogP contribution in [-0.2, 0) is 6.54 Å². The number of carbonyl (C=O) groups is 1. The van der Waals surface area contributed by atoms with Crippen LogP contribution in [0.5, 0.6) is 0 Å². The van der Waals surface area contributed by atoms with Crippen molar-refractivity contribution in [2.75, 3.05) is 26.2 Å². The monoisotopic (exact) mass is 310 g/mol. The molecule has 2 N–H and O–H groups in total. The van der Waals surface area contributed by atoms with E-state index in [4.69, 9.17) is 0 Å². The second kappa shape index (κ2) is 6.72. The van der Waals surface area contributed by atoms with Crippen LogP contribution in [-0.4, -0.2) is 64.2 Å². The molecule has 0 aliphatic carbocycles. The van der Waals surface area contributed by atoms with Crippen molar-refractivity contribution in [1.29, 1.82) is 0 Å². The Morgan fingerprint density at radius 3 is 2.90 bits per heavy atom. The summed E-state index contributed by atoms with van der Waals surface area (Å²) in [4.78, 5) is 20.4. The van der Waals surface area contributed by atoms with E-state index in [1.807, 2.05) is 5.38 Å². The lowest BCUT2D eigenvalue weighted by atomic mass is 10.1. The van der Waals surface area contributed by atoms with Crippen molar-refractivity contribution in [3.05, 3.63) is 16.6 Å². The van der Waals surface area contributed by atoms with Gasteiger partial charge in [-0.05, 0) is 25.9 Å². The number of hydrogen-bond donors (Lipinski definition) is 2. The quantitative estimate of drug-likeness (QED) is 0.870. The summed E-state index contributed by atoms with van der Waals surface area (Å²) in [6.45, 7) is 3.56. The molecule has 2 atom stereocenters. The second-order valence-corrected chi connectivity index (χ2v) is 6.49. The first-order chi connectivity index (χ1) is 10.2. The molecule has 2 aliphatic heterocycles. The topological polar surface area (TPSA) is 68.7 Å². The number of amides is 2. The van der Waals surface area contributed by atoms with Crippen molar-refractivity contribution in [2.24, 2.45) is 0 Å². The van der Waals surface area contributed by atoms with Crippen LogP contribution in [0.1, 0.15) is 25.0 Å². The van der Waals surface area contributed by atoms with Crippen LogP contribution in [0.25, 0.3) is 0 Å². The molecule has 2 amide bonds. The summed E-state index contributed by atoms with van der Waals surface area (Å²) in [6.07, 6.45) is 3.23. The highest BCUT2D eigenvalue weighted by Gasteiger charge is 2.37. The van der Waals surface area contributed by atoms with Crippen molar-refractivity contribution in [1.82, 2.24) is 20.1 Å². The maximum absolute atomic E-state index is 12.2. The number of nitrogens with zero attached hydrogens (tertiary/aromatic N) is 3. The van der Waals surface area contributed by atoms with Gasteiger partial charge in [0.2, 0.25) is 0 Å². The molecule has 3 heterocycles. The van der Waals surface area contributed by atoms with Gasteiger partial charge in [-0.15, -0.1) is 11.3 Å². The van der Waals surface area contributed by atoms with Crippen molar-refractivity contribution in [2.45, 2.75) is 38.0 Å². The van der Waals surface area contributed by atoms with E-state index in [0.29, 0.717) is 19.6 Å². The molecular weight excluding hydrogens is 288 g/mol. The number of piperidine rings is 1. The maximum Gasteiger partial charge on any atom is 0.317 e. The van der Waals surface area contributed by atoms with Crippen LogP contribution in [0.4, 0.5) is 4.79 Å². The summed E-state index contributed by atoms with van der Waals surface area (Å²) in [6, 6.07) is -0.0168. The molecule has 0 saturated carbocycles. The van der Waals surface area contributed by atoms with Gasteiger partial charge >= 0.3 is 6.03 Å². The van der Waals surface area contributed by atoms with E-state index in [2.05, 4.69) is 15.2 Å².